The Balaban J connectivity index is 2.19. The van der Waals surface area contributed by atoms with Crippen molar-refractivity contribution in [2.24, 2.45) is 0 Å². The molecular weight excluding hydrogens is 397 g/mol. The van der Waals surface area contributed by atoms with Crippen LogP contribution in [-0.2, 0) is 6.42 Å². The van der Waals surface area contributed by atoms with Gasteiger partial charge in [-0.15, -0.1) is 0 Å². The van der Waals surface area contributed by atoms with Gasteiger partial charge in [-0.1, -0.05) is 41.1 Å². The smallest absolute Gasteiger partial charge is 0.137 e. The molecule has 0 saturated heterocycles. The molecule has 112 valence electrons. The quantitative estimate of drug-likeness (QED) is 0.645. The topological polar surface area (TPSA) is 12.0 Å². The highest BCUT2D eigenvalue weighted by Crippen LogP contribution is 2.23. The number of benzene rings is 2. The van der Waals surface area contributed by atoms with Gasteiger partial charge in [0.05, 0.1) is 4.47 Å². The number of nitrogens with one attached hydrogen (secondary N) is 1. The molecule has 1 atom stereocenters. The van der Waals surface area contributed by atoms with Gasteiger partial charge in [0.1, 0.15) is 5.82 Å². The van der Waals surface area contributed by atoms with Gasteiger partial charge in [0.2, 0.25) is 0 Å². The Labute approximate surface area is 142 Å². The fourth-order valence-corrected chi connectivity index (χ4v) is 2.91. The maximum Gasteiger partial charge on any atom is 0.137 e. The van der Waals surface area contributed by atoms with E-state index in [0.717, 1.165) is 29.4 Å². The van der Waals surface area contributed by atoms with Crippen molar-refractivity contribution in [1.82, 2.24) is 5.32 Å². The van der Waals surface area contributed by atoms with Crippen LogP contribution < -0.4 is 5.32 Å². The Bertz CT molecular complexity index is 584. The molecule has 1 unspecified atom stereocenters. The Morgan fingerprint density at radius 3 is 2.43 bits per heavy atom. The van der Waals surface area contributed by atoms with Crippen LogP contribution >= 0.6 is 31.9 Å². The zero-order valence-electron chi connectivity index (χ0n) is 11.9. The van der Waals surface area contributed by atoms with Crippen LogP contribution in [0.4, 0.5) is 4.39 Å². The normalized spacial score (nSPS) is 12.4. The fourth-order valence-electron chi connectivity index (χ4n) is 2.22. The average Bonchev–Trinajstić information content (AvgIpc) is 2.48. The molecule has 0 aliphatic carbocycles. The van der Waals surface area contributed by atoms with Gasteiger partial charge in [-0.3, -0.25) is 0 Å². The predicted molar refractivity (Wildman–Crippen MR) is 93.0 cm³/mol. The lowest BCUT2D eigenvalue weighted by Crippen LogP contribution is -2.24. The van der Waals surface area contributed by atoms with E-state index in [9.17, 15) is 4.39 Å². The number of hydrogen-bond donors (Lipinski definition) is 1. The highest BCUT2D eigenvalue weighted by molar-refractivity contribution is 9.10. The largest absolute Gasteiger partial charge is 0.310 e. The van der Waals surface area contributed by atoms with Crippen molar-refractivity contribution in [1.29, 1.82) is 0 Å². The summed E-state index contributed by atoms with van der Waals surface area (Å²) in [4.78, 5) is 0. The monoisotopic (exact) mass is 413 g/mol. The lowest BCUT2D eigenvalue weighted by Gasteiger charge is -2.19. The third-order valence-corrected chi connectivity index (χ3v) is 4.47. The van der Waals surface area contributed by atoms with Gasteiger partial charge in [0.15, 0.2) is 0 Å². The third kappa shape index (κ3) is 4.90. The van der Waals surface area contributed by atoms with Crippen molar-refractivity contribution in [2.45, 2.75) is 25.8 Å². The first kappa shape index (κ1) is 16.7. The van der Waals surface area contributed by atoms with Gasteiger partial charge in [-0.25, -0.2) is 4.39 Å². The molecule has 4 heteroatoms. The molecule has 0 amide bonds. The Kier molecular flexibility index (Phi) is 6.40. The van der Waals surface area contributed by atoms with E-state index in [0.29, 0.717) is 4.47 Å². The highest BCUT2D eigenvalue weighted by atomic mass is 79.9. The summed E-state index contributed by atoms with van der Waals surface area (Å²) < 4.78 is 14.9. The van der Waals surface area contributed by atoms with Gasteiger partial charge in [0.25, 0.3) is 0 Å². The zero-order valence-corrected chi connectivity index (χ0v) is 15.0. The van der Waals surface area contributed by atoms with Gasteiger partial charge < -0.3 is 5.32 Å². The van der Waals surface area contributed by atoms with Crippen molar-refractivity contribution < 1.29 is 4.39 Å². The summed E-state index contributed by atoms with van der Waals surface area (Å²) in [6.45, 7) is 3.11. The molecule has 21 heavy (non-hydrogen) atoms. The number of rotatable bonds is 6. The molecule has 0 fully saturated rings. The van der Waals surface area contributed by atoms with E-state index in [-0.39, 0.29) is 11.9 Å². The Morgan fingerprint density at radius 1 is 1.10 bits per heavy atom. The van der Waals surface area contributed by atoms with Crippen molar-refractivity contribution in [3.05, 3.63) is 68.4 Å². The van der Waals surface area contributed by atoms with Crippen LogP contribution in [0.25, 0.3) is 0 Å². The van der Waals surface area contributed by atoms with E-state index >= 15 is 0 Å². The first-order chi connectivity index (χ1) is 10.1. The second-order valence-corrected chi connectivity index (χ2v) is 6.78. The first-order valence-corrected chi connectivity index (χ1v) is 8.61. The van der Waals surface area contributed by atoms with Crippen LogP contribution in [0, 0.1) is 5.82 Å². The molecule has 0 heterocycles. The van der Waals surface area contributed by atoms with Crippen LogP contribution in [0.1, 0.15) is 30.5 Å². The summed E-state index contributed by atoms with van der Waals surface area (Å²) in [6, 6.07) is 13.8. The van der Waals surface area contributed by atoms with Crippen LogP contribution in [-0.4, -0.2) is 6.54 Å². The van der Waals surface area contributed by atoms with E-state index in [1.807, 2.05) is 12.1 Å². The predicted octanol–water partition coefficient (Wildman–Crippen LogP) is 5.63. The summed E-state index contributed by atoms with van der Waals surface area (Å²) in [5.74, 6) is -0.222. The molecule has 1 N–H and O–H groups in total. The summed E-state index contributed by atoms with van der Waals surface area (Å²) in [7, 11) is 0. The van der Waals surface area contributed by atoms with Gasteiger partial charge in [0, 0.05) is 10.5 Å². The van der Waals surface area contributed by atoms with Gasteiger partial charge in [-0.05, 0) is 70.7 Å². The van der Waals surface area contributed by atoms with Crippen LogP contribution in [0.5, 0.6) is 0 Å². The summed E-state index contributed by atoms with van der Waals surface area (Å²) >= 11 is 6.72. The molecule has 2 rings (SSSR count). The minimum absolute atomic E-state index is 0.222. The van der Waals surface area contributed by atoms with Crippen molar-refractivity contribution in [2.75, 3.05) is 6.54 Å². The second kappa shape index (κ2) is 8.06. The molecule has 1 nitrogen and oxygen atoms in total. The summed E-state index contributed by atoms with van der Waals surface area (Å²) in [5, 5.41) is 3.56. The maximum atomic E-state index is 13.3. The van der Waals surface area contributed by atoms with Crippen molar-refractivity contribution in [3.8, 4) is 0 Å². The second-order valence-electron chi connectivity index (χ2n) is 5.01. The molecule has 0 saturated carbocycles. The minimum atomic E-state index is -0.222. The van der Waals surface area contributed by atoms with Crippen molar-refractivity contribution >= 4 is 31.9 Å². The van der Waals surface area contributed by atoms with Crippen LogP contribution in [0.15, 0.2) is 51.4 Å². The summed E-state index contributed by atoms with van der Waals surface area (Å²) in [5.41, 5.74) is 2.35. The van der Waals surface area contributed by atoms with E-state index in [2.05, 4.69) is 68.4 Å². The lowest BCUT2D eigenvalue weighted by atomic mass is 9.98. The molecule has 2 aromatic carbocycles. The molecular formula is C17H18Br2FN. The summed E-state index contributed by atoms with van der Waals surface area (Å²) in [6.07, 6.45) is 1.92. The molecule has 2 aromatic rings. The van der Waals surface area contributed by atoms with Gasteiger partial charge >= 0.3 is 0 Å². The highest BCUT2D eigenvalue weighted by Gasteiger charge is 2.12. The fraction of sp³-hybridized carbons (Fsp3) is 0.294. The zero-order chi connectivity index (χ0) is 15.2. The van der Waals surface area contributed by atoms with E-state index < -0.39 is 0 Å². The average molecular weight is 415 g/mol. The van der Waals surface area contributed by atoms with Crippen molar-refractivity contribution in [3.63, 3.8) is 0 Å². The molecule has 0 aliphatic heterocycles. The molecule has 0 aliphatic rings. The maximum absolute atomic E-state index is 13.3. The van der Waals surface area contributed by atoms with Crippen LogP contribution in [0.3, 0.4) is 0 Å². The van der Waals surface area contributed by atoms with E-state index in [4.69, 9.17) is 0 Å². The molecule has 0 radical (unpaired) electrons. The van der Waals surface area contributed by atoms with Crippen LogP contribution in [0.2, 0.25) is 0 Å². The minimum Gasteiger partial charge on any atom is -0.310 e. The molecule has 0 aromatic heterocycles. The Hall–Kier alpha value is -0.710. The lowest BCUT2D eigenvalue weighted by molar-refractivity contribution is 0.528. The molecule has 0 bridgehead atoms. The standard InChI is InChI=1S/C17H18Br2FN/c1-2-9-21-17(13-4-6-14(18)7-5-13)11-12-3-8-16(20)15(19)10-12/h3-8,10,17,21H,2,9,11H2,1H3. The Morgan fingerprint density at radius 2 is 1.81 bits per heavy atom. The SMILES string of the molecule is CCCNC(Cc1ccc(F)c(Br)c1)c1ccc(Br)cc1. The molecule has 0 spiro atoms. The van der Waals surface area contributed by atoms with E-state index in [1.54, 1.807) is 0 Å². The number of hydrogen-bond acceptors (Lipinski definition) is 1. The van der Waals surface area contributed by atoms with E-state index in [1.165, 1.54) is 11.6 Å². The number of halogens is 3. The third-order valence-electron chi connectivity index (χ3n) is 3.34. The first-order valence-electron chi connectivity index (χ1n) is 7.03. The van der Waals surface area contributed by atoms with Gasteiger partial charge in [-0.2, -0.15) is 0 Å².